The average molecular weight is 131 g/mol. The maximum Gasteiger partial charge on any atom is 0.0370 e. The second-order valence-corrected chi connectivity index (χ2v) is 2.45. The minimum atomic E-state index is 0.164. The van der Waals surface area contributed by atoms with E-state index in [4.69, 9.17) is 0 Å². The minimum Gasteiger partial charge on any atom is -0.311 e. The highest BCUT2D eigenvalue weighted by Gasteiger charge is 2.12. The lowest BCUT2D eigenvalue weighted by molar-refractivity contribution is 0.511. The fourth-order valence-corrected chi connectivity index (χ4v) is 0.699. The van der Waals surface area contributed by atoms with Crippen LogP contribution in [-0.2, 0) is 0 Å². The lowest BCUT2D eigenvalue weighted by atomic mass is 10.0. The van der Waals surface area contributed by atoms with Gasteiger partial charge < -0.3 is 5.32 Å². The second-order valence-electron chi connectivity index (χ2n) is 2.17. The lowest BCUT2D eigenvalue weighted by Crippen LogP contribution is -2.39. The molecule has 0 spiro atoms. The first-order chi connectivity index (χ1) is 3.68. The van der Waals surface area contributed by atoms with E-state index in [1.54, 1.807) is 0 Å². The molecule has 0 aliphatic heterocycles. The fraction of sp³-hybridized carbons (Fsp3) is 0.833. The molecule has 1 unspecified atom stereocenters. The second kappa shape index (κ2) is 3.21. The van der Waals surface area contributed by atoms with Crippen LogP contribution in [0.15, 0.2) is 0 Å². The molecule has 0 saturated carbocycles. The topological polar surface area (TPSA) is 12.0 Å². The zero-order chi connectivity index (χ0) is 6.62. The summed E-state index contributed by atoms with van der Waals surface area (Å²) in [5.41, 5.74) is 0.164. The van der Waals surface area contributed by atoms with Gasteiger partial charge in [-0.25, -0.2) is 0 Å². The number of hydrogen-bond acceptors (Lipinski definition) is 1. The van der Waals surface area contributed by atoms with E-state index < -0.39 is 0 Å². The van der Waals surface area contributed by atoms with Gasteiger partial charge in [-0.3, -0.25) is 0 Å². The van der Waals surface area contributed by atoms with E-state index in [2.05, 4.69) is 28.0 Å². The van der Waals surface area contributed by atoms with Gasteiger partial charge in [-0.2, -0.15) is 0 Å². The quantitative estimate of drug-likeness (QED) is 0.569. The monoisotopic (exact) mass is 131 g/mol. The number of rotatable bonds is 3. The molecule has 0 fully saturated rings. The van der Waals surface area contributed by atoms with Crippen LogP contribution in [-0.4, -0.2) is 18.4 Å². The molecule has 1 atom stereocenters. The highest BCUT2D eigenvalue weighted by molar-refractivity contribution is 7.18. The predicted octanol–water partition coefficient (Wildman–Crippen LogP) is 1.32. The Hall–Kier alpha value is 0.130. The molecular weight excluding hydrogens is 117 g/mol. The molecule has 48 valence electrons. The first-order valence-electron chi connectivity index (χ1n) is 2.89. The van der Waals surface area contributed by atoms with E-state index >= 15 is 0 Å². The average Bonchev–Trinajstić information content (AvgIpc) is 1.87. The van der Waals surface area contributed by atoms with Crippen LogP contribution in [0.2, 0.25) is 0 Å². The Balaban J connectivity index is 3.76. The summed E-state index contributed by atoms with van der Waals surface area (Å²) in [5, 5.41) is 3.17. The zero-order valence-electron chi connectivity index (χ0n) is 5.78. The van der Waals surface area contributed by atoms with Crippen LogP contribution in [0.4, 0.5) is 0 Å². The van der Waals surface area contributed by atoms with Crippen molar-refractivity contribution in [2.75, 3.05) is 7.05 Å². The molecule has 0 aromatic rings. The summed E-state index contributed by atoms with van der Waals surface area (Å²) in [4.78, 5) is 0. The molecule has 0 saturated heterocycles. The van der Waals surface area contributed by atoms with Crippen molar-refractivity contribution in [2.24, 2.45) is 0 Å². The SMILES string of the molecule is CCC(C)(C=P)NC. The minimum absolute atomic E-state index is 0.164. The summed E-state index contributed by atoms with van der Waals surface area (Å²) in [5.74, 6) is 1.99. The Morgan fingerprint density at radius 1 is 1.75 bits per heavy atom. The van der Waals surface area contributed by atoms with Gasteiger partial charge >= 0.3 is 0 Å². The van der Waals surface area contributed by atoms with Gasteiger partial charge in [-0.05, 0) is 26.2 Å². The molecule has 0 radical (unpaired) electrons. The van der Waals surface area contributed by atoms with E-state index in [9.17, 15) is 0 Å². The molecular formula is C6H14NP. The largest absolute Gasteiger partial charge is 0.311 e. The number of nitrogens with one attached hydrogen (secondary N) is 1. The van der Waals surface area contributed by atoms with Gasteiger partial charge in [-0.1, -0.05) is 6.92 Å². The van der Waals surface area contributed by atoms with Crippen molar-refractivity contribution in [2.45, 2.75) is 25.8 Å². The standard InChI is InChI=1S/C6H14NP/c1-4-6(2,5-8)7-3/h5,7-8H,4H2,1-3H3. The van der Waals surface area contributed by atoms with Crippen LogP contribution >= 0.6 is 8.86 Å². The molecule has 0 aromatic heterocycles. The van der Waals surface area contributed by atoms with E-state index in [0.29, 0.717) is 0 Å². The Labute approximate surface area is 53.7 Å². The Bertz CT molecular complexity index is 76.6. The van der Waals surface area contributed by atoms with Crippen molar-refractivity contribution in [1.29, 1.82) is 0 Å². The first-order valence-corrected chi connectivity index (χ1v) is 3.47. The van der Waals surface area contributed by atoms with Gasteiger partial charge in [0.2, 0.25) is 0 Å². The van der Waals surface area contributed by atoms with E-state index in [-0.39, 0.29) is 5.54 Å². The molecule has 2 heteroatoms. The molecule has 0 aliphatic carbocycles. The van der Waals surface area contributed by atoms with Crippen LogP contribution in [0.5, 0.6) is 0 Å². The molecule has 0 aliphatic rings. The molecule has 0 rings (SSSR count). The molecule has 0 amide bonds. The Morgan fingerprint density at radius 2 is 2.25 bits per heavy atom. The molecule has 0 bridgehead atoms. The third kappa shape index (κ3) is 1.94. The van der Waals surface area contributed by atoms with Gasteiger partial charge in [0.15, 0.2) is 0 Å². The van der Waals surface area contributed by atoms with Crippen LogP contribution in [0, 0.1) is 0 Å². The lowest BCUT2D eigenvalue weighted by Gasteiger charge is -2.21. The molecule has 8 heavy (non-hydrogen) atoms. The van der Waals surface area contributed by atoms with Gasteiger partial charge in [0.05, 0.1) is 0 Å². The van der Waals surface area contributed by atoms with Crippen molar-refractivity contribution in [1.82, 2.24) is 5.32 Å². The summed E-state index contributed by atoms with van der Waals surface area (Å²) < 4.78 is 0. The molecule has 1 N–H and O–H groups in total. The van der Waals surface area contributed by atoms with Crippen LogP contribution in [0.25, 0.3) is 0 Å². The van der Waals surface area contributed by atoms with Gasteiger partial charge in [0.1, 0.15) is 0 Å². The number of hydrogen-bond donors (Lipinski definition) is 1. The van der Waals surface area contributed by atoms with Crippen molar-refractivity contribution in [3.8, 4) is 0 Å². The third-order valence-electron chi connectivity index (χ3n) is 1.62. The summed E-state index contributed by atoms with van der Waals surface area (Å²) in [6.07, 6.45) is 1.10. The van der Waals surface area contributed by atoms with E-state index in [0.717, 1.165) is 6.42 Å². The van der Waals surface area contributed by atoms with Crippen LogP contribution < -0.4 is 5.32 Å². The summed E-state index contributed by atoms with van der Waals surface area (Å²) in [6.45, 7) is 4.28. The highest BCUT2D eigenvalue weighted by atomic mass is 31.0. The predicted molar refractivity (Wildman–Crippen MR) is 42.1 cm³/mol. The Kier molecular flexibility index (Phi) is 3.27. The van der Waals surface area contributed by atoms with Crippen LogP contribution in [0.1, 0.15) is 20.3 Å². The Morgan fingerprint density at radius 3 is 2.25 bits per heavy atom. The maximum absolute atomic E-state index is 3.35. The van der Waals surface area contributed by atoms with Gasteiger partial charge in [0.25, 0.3) is 0 Å². The fourth-order valence-electron chi connectivity index (χ4n) is 0.351. The van der Waals surface area contributed by atoms with E-state index in [1.165, 1.54) is 0 Å². The molecule has 0 heterocycles. The summed E-state index contributed by atoms with van der Waals surface area (Å²) in [6, 6.07) is 0. The zero-order valence-corrected chi connectivity index (χ0v) is 6.78. The summed E-state index contributed by atoms with van der Waals surface area (Å²) in [7, 11) is 5.31. The van der Waals surface area contributed by atoms with Gasteiger partial charge in [-0.15, -0.1) is 8.86 Å². The summed E-state index contributed by atoms with van der Waals surface area (Å²) >= 11 is 0. The van der Waals surface area contributed by atoms with Crippen molar-refractivity contribution in [3.05, 3.63) is 0 Å². The van der Waals surface area contributed by atoms with Crippen molar-refractivity contribution < 1.29 is 0 Å². The van der Waals surface area contributed by atoms with Crippen molar-refractivity contribution in [3.63, 3.8) is 0 Å². The van der Waals surface area contributed by atoms with Gasteiger partial charge in [0, 0.05) is 5.54 Å². The highest BCUT2D eigenvalue weighted by Crippen LogP contribution is 2.03. The maximum atomic E-state index is 3.35. The smallest absolute Gasteiger partial charge is 0.0370 e. The third-order valence-corrected chi connectivity index (χ3v) is 2.26. The van der Waals surface area contributed by atoms with E-state index in [1.807, 2.05) is 12.8 Å². The first kappa shape index (κ1) is 8.13. The molecule has 0 aromatic carbocycles. The van der Waals surface area contributed by atoms with Crippen molar-refractivity contribution >= 4 is 14.7 Å². The normalized spacial score (nSPS) is 17.4. The van der Waals surface area contributed by atoms with Crippen LogP contribution in [0.3, 0.4) is 0 Å². The molecule has 1 nitrogen and oxygen atoms in total.